The first kappa shape index (κ1) is 9.08. The lowest BCUT2D eigenvalue weighted by Crippen LogP contribution is -2.11. The first-order valence-electron chi connectivity index (χ1n) is 3.95. The van der Waals surface area contributed by atoms with Gasteiger partial charge in [-0.3, -0.25) is 0 Å². The molecule has 14 heavy (non-hydrogen) atoms. The number of hydrogen-bond donors (Lipinski definition) is 2. The second-order valence-corrected chi connectivity index (χ2v) is 7.05. The molecule has 1 unspecified atom stereocenters. The zero-order valence-electron chi connectivity index (χ0n) is 6.97. The van der Waals surface area contributed by atoms with Crippen LogP contribution in [0.3, 0.4) is 0 Å². The molecule has 73 valence electrons. The van der Waals surface area contributed by atoms with Crippen LogP contribution in [0.15, 0.2) is 28.8 Å². The molecular weight excluding hydrogens is 239 g/mol. The number of para-hydroxylation sites is 2. The Hall–Kier alpha value is -0.170. The average Bonchev–Trinajstić information content (AvgIpc) is 2.56. The van der Waals surface area contributed by atoms with Crippen molar-refractivity contribution >= 4 is 25.4 Å². The number of benzene rings is 1. The summed E-state index contributed by atoms with van der Waals surface area (Å²) in [4.78, 5) is 6.20. The highest BCUT2D eigenvalue weighted by molar-refractivity contribution is 7.72. The number of nitrogens with one attached hydrogen (secondary N) is 2. The summed E-state index contributed by atoms with van der Waals surface area (Å²) >= 11 is 0. The lowest BCUT2D eigenvalue weighted by Gasteiger charge is -2.20. The Labute approximate surface area is 85.0 Å². The van der Waals surface area contributed by atoms with Crippen LogP contribution in [-0.4, -0.2) is 0 Å². The second-order valence-electron chi connectivity index (χ2n) is 2.69. The van der Waals surface area contributed by atoms with Gasteiger partial charge in [-0.2, -0.15) is 9.37 Å². The van der Waals surface area contributed by atoms with Crippen LogP contribution in [0.25, 0.3) is 0 Å². The van der Waals surface area contributed by atoms with E-state index >= 15 is 0 Å². The molecule has 5 nitrogen and oxygen atoms in total. The molecule has 1 spiro atoms. The normalized spacial score (nSPS) is 25.4. The molecule has 2 aliphatic heterocycles. The highest BCUT2D eigenvalue weighted by Gasteiger charge is 2.35. The molecule has 3 rings (SSSR count). The molecule has 0 fully saturated rings. The Morgan fingerprint density at radius 1 is 1.29 bits per heavy atom. The van der Waals surface area contributed by atoms with Crippen LogP contribution in [0, 0.1) is 0 Å². The maximum Gasteiger partial charge on any atom is 0.404 e. The highest BCUT2D eigenvalue weighted by Crippen LogP contribution is 2.62. The fourth-order valence-electron chi connectivity index (χ4n) is 1.19. The summed E-state index contributed by atoms with van der Waals surface area (Å²) in [5.74, 6) is 1.55. The van der Waals surface area contributed by atoms with E-state index in [1.807, 2.05) is 24.3 Å². The minimum atomic E-state index is -2.21. The summed E-state index contributed by atoms with van der Waals surface area (Å²) in [7, 11) is -0.960. The zero-order valence-corrected chi connectivity index (χ0v) is 9.76. The van der Waals surface area contributed by atoms with E-state index in [0.29, 0.717) is 8.88 Å². The van der Waals surface area contributed by atoms with Crippen molar-refractivity contribution in [2.75, 3.05) is 0 Å². The Kier molecular flexibility index (Phi) is 2.24. The Morgan fingerprint density at radius 2 is 2.00 bits per heavy atom. The van der Waals surface area contributed by atoms with E-state index in [1.165, 1.54) is 0 Å². The minimum absolute atomic E-state index is 0.428. The summed E-state index contributed by atoms with van der Waals surface area (Å²) in [5, 5.41) is 0. The molecule has 0 aromatic heterocycles. The van der Waals surface area contributed by atoms with Crippen molar-refractivity contribution in [2.45, 2.75) is 0 Å². The van der Waals surface area contributed by atoms with E-state index < -0.39 is 7.66 Å². The number of rotatable bonds is 0. The third-order valence-corrected chi connectivity index (χ3v) is 6.37. The van der Waals surface area contributed by atoms with Crippen LogP contribution in [0.1, 0.15) is 0 Å². The maximum atomic E-state index is 5.71. The van der Waals surface area contributed by atoms with Crippen LogP contribution >= 0.6 is 25.4 Å². The van der Waals surface area contributed by atoms with Crippen molar-refractivity contribution in [3.8, 4) is 11.5 Å². The van der Waals surface area contributed by atoms with Gasteiger partial charge in [0.05, 0.1) is 0 Å². The van der Waals surface area contributed by atoms with Crippen molar-refractivity contribution in [3.63, 3.8) is 0 Å². The summed E-state index contributed by atoms with van der Waals surface area (Å²) in [6.45, 7) is 0. The van der Waals surface area contributed by atoms with Gasteiger partial charge in [-0.05, 0) is 12.1 Å². The Balaban J connectivity index is 2.01. The predicted molar refractivity (Wildman–Crippen MR) is 58.6 cm³/mol. The SMILES string of the molecule is c1ccc2c(c1)OP1(=N[P]NPN1)O2. The van der Waals surface area contributed by atoms with E-state index in [2.05, 4.69) is 14.2 Å². The first-order chi connectivity index (χ1) is 6.88. The molecule has 1 radical (unpaired) electrons. The van der Waals surface area contributed by atoms with Crippen molar-refractivity contribution in [1.82, 2.24) is 9.72 Å². The predicted octanol–water partition coefficient (Wildman–Crippen LogP) is 2.88. The van der Waals surface area contributed by atoms with Crippen molar-refractivity contribution in [2.24, 2.45) is 4.52 Å². The smallest absolute Gasteiger partial charge is 0.404 e. The topological polar surface area (TPSA) is 54.9 Å². The summed E-state index contributed by atoms with van der Waals surface area (Å²) < 4.78 is 15.7. The largest absolute Gasteiger partial charge is 0.415 e. The van der Waals surface area contributed by atoms with Crippen molar-refractivity contribution < 1.29 is 9.05 Å². The van der Waals surface area contributed by atoms with Gasteiger partial charge >= 0.3 is 7.66 Å². The van der Waals surface area contributed by atoms with Gasteiger partial charge in [-0.1, -0.05) is 12.1 Å². The monoisotopic (exact) mass is 246 g/mol. The molecule has 0 aliphatic carbocycles. The third kappa shape index (κ3) is 1.46. The molecule has 0 bridgehead atoms. The molecule has 2 heterocycles. The molecule has 0 amide bonds. The van der Waals surface area contributed by atoms with Gasteiger partial charge in [0.1, 0.15) is 0 Å². The molecule has 1 aromatic rings. The molecule has 2 aliphatic rings. The van der Waals surface area contributed by atoms with Gasteiger partial charge in [-0.25, -0.2) is 4.86 Å². The number of fused-ring (bicyclic) bond motifs is 1. The standard InChI is InChI=1S/C6H7N3O2P3/c1-2-4-6-5(3-1)10-14(11-6)8-12-7-13-9-14/h1-4,7-8,12H. The van der Waals surface area contributed by atoms with Gasteiger partial charge in [0, 0.05) is 8.88 Å². The molecule has 2 N–H and O–H groups in total. The summed E-state index contributed by atoms with van der Waals surface area (Å²) in [6, 6.07) is 7.63. The van der Waals surface area contributed by atoms with E-state index in [9.17, 15) is 0 Å². The molecule has 1 atom stereocenters. The molecule has 1 aromatic carbocycles. The average molecular weight is 246 g/mol. The molecular formula is C6H7N3O2P3. The van der Waals surface area contributed by atoms with Crippen LogP contribution < -0.4 is 18.8 Å². The van der Waals surface area contributed by atoms with E-state index in [0.717, 1.165) is 20.4 Å². The maximum absolute atomic E-state index is 5.71. The van der Waals surface area contributed by atoms with Crippen LogP contribution in [0.4, 0.5) is 0 Å². The molecule has 0 saturated heterocycles. The molecule has 0 saturated carbocycles. The number of nitrogens with zero attached hydrogens (tertiary/aromatic N) is 1. The summed E-state index contributed by atoms with van der Waals surface area (Å²) in [5.41, 5.74) is 0. The third-order valence-electron chi connectivity index (χ3n) is 1.76. The van der Waals surface area contributed by atoms with Crippen LogP contribution in [0.5, 0.6) is 11.5 Å². The quantitative estimate of drug-likeness (QED) is 0.691. The van der Waals surface area contributed by atoms with Gasteiger partial charge in [0.2, 0.25) is 0 Å². The second kappa shape index (κ2) is 3.44. The first-order valence-corrected chi connectivity index (χ1v) is 7.37. The fourth-order valence-corrected chi connectivity index (χ4v) is 5.77. The van der Waals surface area contributed by atoms with Crippen molar-refractivity contribution in [1.29, 1.82) is 0 Å². The Bertz CT molecular complexity index is 396. The van der Waals surface area contributed by atoms with E-state index in [-0.39, 0.29) is 0 Å². The lowest BCUT2D eigenvalue weighted by molar-refractivity contribution is 0.552. The zero-order chi connectivity index (χ0) is 9.43. The van der Waals surface area contributed by atoms with Gasteiger partial charge in [0.15, 0.2) is 20.4 Å². The van der Waals surface area contributed by atoms with Gasteiger partial charge in [0.25, 0.3) is 0 Å². The van der Waals surface area contributed by atoms with Gasteiger partial charge < -0.3 is 9.05 Å². The van der Waals surface area contributed by atoms with Gasteiger partial charge in [-0.15, -0.1) is 0 Å². The number of hydrogen-bond acceptors (Lipinski definition) is 5. The van der Waals surface area contributed by atoms with E-state index in [1.54, 1.807) is 0 Å². The van der Waals surface area contributed by atoms with Crippen LogP contribution in [0.2, 0.25) is 0 Å². The highest BCUT2D eigenvalue weighted by atomic mass is 31.2. The van der Waals surface area contributed by atoms with Crippen LogP contribution in [-0.2, 0) is 0 Å². The lowest BCUT2D eigenvalue weighted by atomic mass is 10.3. The summed E-state index contributed by atoms with van der Waals surface area (Å²) in [6.07, 6.45) is 0. The minimum Gasteiger partial charge on any atom is -0.415 e. The van der Waals surface area contributed by atoms with E-state index in [4.69, 9.17) is 9.05 Å². The molecule has 8 heteroatoms. The Morgan fingerprint density at radius 3 is 2.57 bits per heavy atom. The fraction of sp³-hybridized carbons (Fsp3) is 0. The van der Waals surface area contributed by atoms with Crippen molar-refractivity contribution in [3.05, 3.63) is 24.3 Å².